The maximum Gasteiger partial charge on any atom is 0.00749 e. The zero-order valence-electron chi connectivity index (χ0n) is 23.1. The topological polar surface area (TPSA) is 70.2 Å². The van der Waals surface area contributed by atoms with Crippen LogP contribution in [0.4, 0.5) is 0 Å². The fourth-order valence-corrected chi connectivity index (χ4v) is 4.15. The molecule has 187 valence electrons. The predicted octanol–water partition coefficient (Wildman–Crippen LogP) is 4.96. The van der Waals surface area contributed by atoms with Crippen LogP contribution in [0.15, 0.2) is 0 Å². The van der Waals surface area contributed by atoms with E-state index in [0.29, 0.717) is 17.5 Å². The van der Waals surface area contributed by atoms with E-state index in [1.54, 1.807) is 27.7 Å². The van der Waals surface area contributed by atoms with Crippen LogP contribution in [0.5, 0.6) is 0 Å². The quantitative estimate of drug-likeness (QED) is 0.509. The fraction of sp³-hybridized carbons (Fsp3) is 1.00. The molecule has 5 heteroatoms. The van der Waals surface area contributed by atoms with Crippen LogP contribution < -0.4 is 19.3 Å². The molecule has 3 unspecified atom stereocenters. The molecular formula is C26H57N2O2Ti. The molecule has 0 aromatic carbocycles. The molecule has 0 heterocycles. The van der Waals surface area contributed by atoms with E-state index in [0.717, 1.165) is 17.9 Å². The fourth-order valence-electron chi connectivity index (χ4n) is 4.15. The molecule has 0 bridgehead atoms. The van der Waals surface area contributed by atoms with Gasteiger partial charge < -0.3 is 15.5 Å². The summed E-state index contributed by atoms with van der Waals surface area (Å²) in [6, 6.07) is 2.01. The molecule has 1 aliphatic rings. The molecule has 31 heavy (non-hydrogen) atoms. The summed E-state index contributed by atoms with van der Waals surface area (Å²) in [6.45, 7) is 24.9. The largest absolute Gasteiger partial charge is 0.852 e. The van der Waals surface area contributed by atoms with Gasteiger partial charge in [-0.15, -0.1) is 12.2 Å². The first-order valence-corrected chi connectivity index (χ1v) is 13.5. The minimum absolute atomic E-state index is 0.417. The molecule has 1 rings (SSSR count). The Morgan fingerprint density at radius 3 is 1.42 bits per heavy atom. The second kappa shape index (κ2) is 21.1. The molecule has 1 fully saturated rings. The molecule has 0 aromatic heterocycles. The average Bonchev–Trinajstić information content (AvgIpc) is 2.65. The molecule has 1 saturated carbocycles. The van der Waals surface area contributed by atoms with Crippen LogP contribution in [0, 0.1) is 17.3 Å². The Morgan fingerprint density at radius 2 is 1.16 bits per heavy atom. The summed E-state index contributed by atoms with van der Waals surface area (Å²) in [4.78, 5) is 0. The van der Waals surface area contributed by atoms with Crippen LogP contribution in [0.25, 0.3) is 0 Å². The van der Waals surface area contributed by atoms with Crippen molar-refractivity contribution in [3.63, 3.8) is 0 Å². The van der Waals surface area contributed by atoms with Crippen LogP contribution >= 0.6 is 0 Å². The van der Waals surface area contributed by atoms with E-state index in [-0.39, 0.29) is 0 Å². The Morgan fingerprint density at radius 1 is 0.806 bits per heavy atom. The Hall–Kier alpha value is 0.554. The maximum atomic E-state index is 9.53. The number of rotatable bonds is 7. The van der Waals surface area contributed by atoms with Gasteiger partial charge in [-0.05, 0) is 36.5 Å². The van der Waals surface area contributed by atoms with Crippen LogP contribution in [0.3, 0.4) is 0 Å². The number of hydrogen-bond donors (Lipinski definition) is 2. The first-order valence-electron chi connectivity index (χ1n) is 12.7. The third-order valence-corrected chi connectivity index (χ3v) is 6.77. The summed E-state index contributed by atoms with van der Waals surface area (Å²) in [5.74, 6) is 1.73. The summed E-state index contributed by atoms with van der Waals surface area (Å²) < 4.78 is 3.03. The van der Waals surface area contributed by atoms with E-state index in [1.165, 1.54) is 38.5 Å². The van der Waals surface area contributed by atoms with Crippen molar-refractivity contribution in [2.75, 3.05) is 0 Å². The average molecular weight is 478 g/mol. The molecule has 0 saturated heterocycles. The van der Waals surface area contributed by atoms with Crippen molar-refractivity contribution in [2.24, 2.45) is 17.3 Å². The summed E-state index contributed by atoms with van der Waals surface area (Å²) in [6.07, 6.45) is 7.48. The minimum atomic E-state index is -0.417. The van der Waals surface area contributed by atoms with Crippen molar-refractivity contribution in [1.29, 1.82) is 0 Å². The van der Waals surface area contributed by atoms with Gasteiger partial charge >= 0.3 is 44.4 Å². The van der Waals surface area contributed by atoms with Gasteiger partial charge in [0.1, 0.15) is 0 Å². The predicted molar refractivity (Wildman–Crippen MR) is 130 cm³/mol. The van der Waals surface area contributed by atoms with Crippen LogP contribution in [0.1, 0.15) is 122 Å². The Kier molecular flexibility index (Phi) is 24.6. The van der Waals surface area contributed by atoms with Gasteiger partial charge in [-0.2, -0.15) is 0 Å². The van der Waals surface area contributed by atoms with Crippen molar-refractivity contribution >= 4 is 0 Å². The monoisotopic (exact) mass is 477 g/mol. The molecule has 1 aliphatic carbocycles. The standard InChI is InChI=1S/C17H35N.C3H8N.2C3H7O.Ti/c1-7-14(5)17(15(6)8-2)11-9-10-16(12-17)18-13(3)4;3*1-3(2)4;/h13-16,18H,7-12H2,1-6H3;3-4H,1-2H3;2*3H,1-2H3;/q;3*-1;+3. The summed E-state index contributed by atoms with van der Waals surface area (Å²) in [7, 11) is 0. The van der Waals surface area contributed by atoms with Crippen LogP contribution in [-0.2, 0) is 20.7 Å². The van der Waals surface area contributed by atoms with Crippen LogP contribution in [0.2, 0.25) is 0 Å². The SMILES string of the molecule is CC(C)[NH][Ti+2].CC(C)[O-].CC(C)[O-].CCC(C)C1(C(C)CC)CCCC(NC(C)C)C1. The van der Waals surface area contributed by atoms with Crippen molar-refractivity contribution in [1.82, 2.24) is 9.12 Å². The Balaban J connectivity index is -0.000000493. The van der Waals surface area contributed by atoms with E-state index < -0.39 is 12.2 Å². The van der Waals surface area contributed by atoms with E-state index in [2.05, 4.69) is 64.5 Å². The molecule has 0 spiro atoms. The van der Waals surface area contributed by atoms with Gasteiger partial charge in [-0.25, -0.2) is 0 Å². The molecule has 0 aromatic rings. The Bertz CT molecular complexity index is 355. The maximum absolute atomic E-state index is 9.53. The van der Waals surface area contributed by atoms with Gasteiger partial charge in [0.15, 0.2) is 0 Å². The summed E-state index contributed by atoms with van der Waals surface area (Å²) in [5.41, 5.74) is 0.592. The number of hydrogen-bond acceptors (Lipinski definition) is 4. The smallest absolute Gasteiger partial charge is 0.00749 e. The van der Waals surface area contributed by atoms with Gasteiger partial charge in [0, 0.05) is 12.1 Å². The van der Waals surface area contributed by atoms with E-state index in [4.69, 9.17) is 0 Å². The zero-order valence-corrected chi connectivity index (χ0v) is 24.7. The van der Waals surface area contributed by atoms with E-state index in [1.807, 2.05) is 20.7 Å². The summed E-state index contributed by atoms with van der Waals surface area (Å²) >= 11 is 1.95. The first kappa shape index (κ1) is 36.1. The van der Waals surface area contributed by atoms with Gasteiger partial charge in [0.25, 0.3) is 0 Å². The zero-order chi connectivity index (χ0) is 25.2. The molecule has 0 radical (unpaired) electrons. The normalized spacial score (nSPS) is 22.8. The molecule has 4 nitrogen and oxygen atoms in total. The van der Waals surface area contributed by atoms with E-state index in [9.17, 15) is 10.2 Å². The van der Waals surface area contributed by atoms with Crippen molar-refractivity contribution in [2.45, 2.75) is 152 Å². The first-order chi connectivity index (χ1) is 14.2. The van der Waals surface area contributed by atoms with Gasteiger partial charge in [0.05, 0.1) is 0 Å². The summed E-state index contributed by atoms with van der Waals surface area (Å²) in [5, 5.41) is 22.8. The third kappa shape index (κ3) is 20.9. The van der Waals surface area contributed by atoms with Crippen molar-refractivity contribution in [3.05, 3.63) is 0 Å². The van der Waals surface area contributed by atoms with Crippen LogP contribution in [-0.4, -0.2) is 30.3 Å². The van der Waals surface area contributed by atoms with Crippen molar-refractivity contribution in [3.8, 4) is 0 Å². The van der Waals surface area contributed by atoms with E-state index >= 15 is 0 Å². The molecule has 2 N–H and O–H groups in total. The van der Waals surface area contributed by atoms with Gasteiger partial charge in [-0.3, -0.25) is 0 Å². The van der Waals surface area contributed by atoms with Gasteiger partial charge in [-0.1, -0.05) is 88.5 Å². The van der Waals surface area contributed by atoms with Crippen molar-refractivity contribution < 1.29 is 30.9 Å². The molecule has 0 amide bonds. The van der Waals surface area contributed by atoms with Gasteiger partial charge in [0.2, 0.25) is 0 Å². The molecule has 0 aliphatic heterocycles. The molecular weight excluding hydrogens is 420 g/mol. The second-order valence-electron chi connectivity index (χ2n) is 10.4. The Labute approximate surface area is 208 Å². The molecule has 3 atom stereocenters. The third-order valence-electron chi connectivity index (χ3n) is 5.87. The second-order valence-corrected chi connectivity index (χ2v) is 10.8. The minimum Gasteiger partial charge on any atom is -0.852 e. The number of nitrogens with one attached hydrogen (secondary N) is 2.